The number of carbonyl (C=O) groups is 2. The van der Waals surface area contributed by atoms with Gasteiger partial charge in [-0.1, -0.05) is 12.8 Å². The van der Waals surface area contributed by atoms with Crippen molar-refractivity contribution in [1.82, 2.24) is 10.6 Å². The van der Waals surface area contributed by atoms with Crippen molar-refractivity contribution >= 4 is 21.8 Å². The van der Waals surface area contributed by atoms with Crippen LogP contribution in [0.4, 0.5) is 4.79 Å². The Bertz CT molecular complexity index is 528. The van der Waals surface area contributed by atoms with Crippen molar-refractivity contribution in [1.29, 1.82) is 0 Å². The van der Waals surface area contributed by atoms with Crippen LogP contribution >= 0.6 is 0 Å². The predicted molar refractivity (Wildman–Crippen MR) is 71.8 cm³/mol. The van der Waals surface area contributed by atoms with Crippen LogP contribution in [0.25, 0.3) is 0 Å². The van der Waals surface area contributed by atoms with Crippen molar-refractivity contribution < 1.29 is 23.1 Å². The topological polar surface area (TPSA) is 113 Å². The fourth-order valence-corrected chi connectivity index (χ4v) is 3.88. The second-order valence-electron chi connectivity index (χ2n) is 5.22. The molecule has 112 valence electrons. The lowest BCUT2D eigenvalue weighted by Crippen LogP contribution is -2.51. The van der Waals surface area contributed by atoms with E-state index in [1.54, 1.807) is 0 Å². The van der Waals surface area contributed by atoms with E-state index in [0.29, 0.717) is 12.8 Å². The van der Waals surface area contributed by atoms with Crippen LogP contribution in [-0.2, 0) is 14.6 Å². The van der Waals surface area contributed by atoms with Gasteiger partial charge in [0.2, 0.25) is 0 Å². The Morgan fingerprint density at radius 1 is 1.15 bits per heavy atom. The molecule has 2 aliphatic rings. The summed E-state index contributed by atoms with van der Waals surface area (Å²) < 4.78 is 22.4. The highest BCUT2D eigenvalue weighted by atomic mass is 32.2. The fourth-order valence-electron chi connectivity index (χ4n) is 2.64. The van der Waals surface area contributed by atoms with Gasteiger partial charge in [0.15, 0.2) is 9.84 Å². The zero-order valence-corrected chi connectivity index (χ0v) is 11.7. The Kier molecular flexibility index (Phi) is 4.32. The van der Waals surface area contributed by atoms with E-state index in [1.165, 1.54) is 6.08 Å². The zero-order valence-electron chi connectivity index (χ0n) is 10.9. The molecule has 7 nitrogen and oxygen atoms in total. The van der Waals surface area contributed by atoms with Crippen LogP contribution in [-0.4, -0.2) is 43.4 Å². The first kappa shape index (κ1) is 14.8. The number of hydrogen-bond donors (Lipinski definition) is 3. The second-order valence-corrected chi connectivity index (χ2v) is 7.15. The summed E-state index contributed by atoms with van der Waals surface area (Å²) >= 11 is 0. The maximum atomic E-state index is 11.8. The molecular formula is C12H18N2O5S. The zero-order chi connectivity index (χ0) is 14.8. The van der Waals surface area contributed by atoms with Crippen molar-refractivity contribution in [3.8, 4) is 0 Å². The lowest BCUT2D eigenvalue weighted by Gasteiger charge is -2.29. The van der Waals surface area contributed by atoms with E-state index in [2.05, 4.69) is 10.6 Å². The van der Waals surface area contributed by atoms with Crippen LogP contribution in [0.3, 0.4) is 0 Å². The van der Waals surface area contributed by atoms with Crippen LogP contribution in [0.1, 0.15) is 25.7 Å². The highest BCUT2D eigenvalue weighted by Crippen LogP contribution is 2.24. The molecule has 0 radical (unpaired) electrons. The van der Waals surface area contributed by atoms with Crippen LogP contribution in [0.2, 0.25) is 0 Å². The summed E-state index contributed by atoms with van der Waals surface area (Å²) in [5.41, 5.74) is 0. The summed E-state index contributed by atoms with van der Waals surface area (Å²) in [4.78, 5) is 22.9. The van der Waals surface area contributed by atoms with Gasteiger partial charge in [-0.3, -0.25) is 4.79 Å². The molecule has 1 aliphatic carbocycles. The number of carbonyl (C=O) groups excluding carboxylic acids is 1. The largest absolute Gasteiger partial charge is 0.481 e. The molecule has 0 aromatic heterocycles. The number of rotatable bonds is 3. The molecular weight excluding hydrogens is 284 g/mol. The highest BCUT2D eigenvalue weighted by Gasteiger charge is 2.32. The molecule has 3 atom stereocenters. The van der Waals surface area contributed by atoms with Crippen molar-refractivity contribution in [2.24, 2.45) is 5.92 Å². The molecule has 0 aromatic rings. The Labute approximate surface area is 117 Å². The fraction of sp³-hybridized carbons (Fsp3) is 0.667. The Morgan fingerprint density at radius 2 is 1.85 bits per heavy atom. The van der Waals surface area contributed by atoms with Gasteiger partial charge in [0.05, 0.1) is 17.7 Å². The summed E-state index contributed by atoms with van der Waals surface area (Å²) in [6.45, 7) is 0. The van der Waals surface area contributed by atoms with Gasteiger partial charge >= 0.3 is 12.0 Å². The van der Waals surface area contributed by atoms with E-state index in [1.807, 2.05) is 0 Å². The maximum absolute atomic E-state index is 11.8. The average Bonchev–Trinajstić information content (AvgIpc) is 2.68. The number of amides is 2. The molecule has 0 saturated heterocycles. The molecule has 20 heavy (non-hydrogen) atoms. The van der Waals surface area contributed by atoms with Gasteiger partial charge in [-0.2, -0.15) is 0 Å². The molecule has 3 N–H and O–H groups in total. The summed E-state index contributed by atoms with van der Waals surface area (Å²) in [6.07, 6.45) is 4.33. The lowest BCUT2D eigenvalue weighted by atomic mass is 9.84. The minimum atomic E-state index is -3.22. The molecule has 1 heterocycles. The van der Waals surface area contributed by atoms with Crippen molar-refractivity contribution in [2.75, 3.05) is 5.75 Å². The summed E-state index contributed by atoms with van der Waals surface area (Å²) in [6, 6.07) is -1.47. The number of carboxylic acids is 1. The monoisotopic (exact) mass is 302 g/mol. The molecule has 8 heteroatoms. The minimum absolute atomic E-state index is 0.145. The van der Waals surface area contributed by atoms with E-state index < -0.39 is 39.8 Å². The SMILES string of the molecule is O=C(NC1C=CS(=O)(=O)C1)NC1CCCCC1C(=O)O. The molecule has 0 spiro atoms. The summed E-state index contributed by atoms with van der Waals surface area (Å²) in [5, 5.41) is 15.4. The molecule has 1 aliphatic heterocycles. The van der Waals surface area contributed by atoms with E-state index in [9.17, 15) is 18.0 Å². The van der Waals surface area contributed by atoms with Gasteiger partial charge < -0.3 is 15.7 Å². The number of aliphatic carboxylic acids is 1. The normalized spacial score (nSPS) is 31.7. The smallest absolute Gasteiger partial charge is 0.315 e. The number of sulfone groups is 1. The van der Waals surface area contributed by atoms with Gasteiger partial charge in [-0.25, -0.2) is 13.2 Å². The third-order valence-electron chi connectivity index (χ3n) is 3.65. The molecule has 3 unspecified atom stereocenters. The first-order valence-electron chi connectivity index (χ1n) is 6.58. The predicted octanol–water partition coefficient (Wildman–Crippen LogP) is 0.240. The van der Waals surface area contributed by atoms with Gasteiger partial charge in [-0.15, -0.1) is 0 Å². The molecule has 1 saturated carbocycles. The second kappa shape index (κ2) is 5.82. The quantitative estimate of drug-likeness (QED) is 0.691. The van der Waals surface area contributed by atoms with Gasteiger partial charge in [0.25, 0.3) is 0 Å². The molecule has 0 aromatic carbocycles. The first-order valence-corrected chi connectivity index (χ1v) is 8.30. The summed E-state index contributed by atoms with van der Waals surface area (Å²) in [7, 11) is -3.22. The van der Waals surface area contributed by atoms with Crippen molar-refractivity contribution in [3.63, 3.8) is 0 Å². The van der Waals surface area contributed by atoms with E-state index in [-0.39, 0.29) is 5.75 Å². The molecule has 0 bridgehead atoms. The van der Waals surface area contributed by atoms with E-state index >= 15 is 0 Å². The van der Waals surface area contributed by atoms with Crippen LogP contribution < -0.4 is 10.6 Å². The van der Waals surface area contributed by atoms with Gasteiger partial charge in [-0.05, 0) is 18.9 Å². The maximum Gasteiger partial charge on any atom is 0.315 e. The highest BCUT2D eigenvalue weighted by molar-refractivity contribution is 7.94. The van der Waals surface area contributed by atoms with Gasteiger partial charge in [0.1, 0.15) is 0 Å². The van der Waals surface area contributed by atoms with Crippen LogP contribution in [0, 0.1) is 5.92 Å². The third kappa shape index (κ3) is 3.72. The molecule has 2 amide bonds. The lowest BCUT2D eigenvalue weighted by molar-refractivity contribution is -0.143. The standard InChI is InChI=1S/C12H18N2O5S/c15-11(16)9-3-1-2-4-10(9)14-12(17)13-8-5-6-20(18,19)7-8/h5-6,8-10H,1-4,7H2,(H,15,16)(H2,13,14,17). The van der Waals surface area contributed by atoms with Crippen LogP contribution in [0.5, 0.6) is 0 Å². The van der Waals surface area contributed by atoms with Crippen molar-refractivity contribution in [3.05, 3.63) is 11.5 Å². The average molecular weight is 302 g/mol. The van der Waals surface area contributed by atoms with E-state index in [0.717, 1.165) is 18.2 Å². The Balaban J connectivity index is 1.87. The third-order valence-corrected chi connectivity index (χ3v) is 5.04. The Morgan fingerprint density at radius 3 is 2.45 bits per heavy atom. The number of urea groups is 1. The molecule has 2 rings (SSSR count). The van der Waals surface area contributed by atoms with E-state index in [4.69, 9.17) is 5.11 Å². The van der Waals surface area contributed by atoms with Gasteiger partial charge in [0, 0.05) is 11.4 Å². The number of nitrogens with one attached hydrogen (secondary N) is 2. The first-order chi connectivity index (χ1) is 9.37. The Hall–Kier alpha value is -1.57. The van der Waals surface area contributed by atoms with Crippen molar-refractivity contribution in [2.45, 2.75) is 37.8 Å². The minimum Gasteiger partial charge on any atom is -0.481 e. The van der Waals surface area contributed by atoms with Crippen LogP contribution in [0.15, 0.2) is 11.5 Å². The summed E-state index contributed by atoms with van der Waals surface area (Å²) in [5.74, 6) is -1.62. The molecule has 1 fully saturated rings. The number of carboxylic acid groups (broad SMARTS) is 1. The number of hydrogen-bond acceptors (Lipinski definition) is 4.